The lowest BCUT2D eigenvalue weighted by molar-refractivity contribution is 0.0447. The van der Waals surface area contributed by atoms with Crippen LogP contribution in [-0.4, -0.2) is 22.9 Å². The average Bonchev–Trinajstić information content (AvgIpc) is 3.11. The van der Waals surface area contributed by atoms with E-state index in [1.54, 1.807) is 31.4 Å². The summed E-state index contributed by atoms with van der Waals surface area (Å²) >= 11 is 0. The topological polar surface area (TPSA) is 69.6 Å². The molecule has 21 heavy (non-hydrogen) atoms. The van der Waals surface area contributed by atoms with E-state index in [4.69, 9.17) is 9.47 Å². The number of amides is 1. The van der Waals surface area contributed by atoms with Crippen LogP contribution in [0.5, 0.6) is 0 Å². The van der Waals surface area contributed by atoms with E-state index in [0.29, 0.717) is 13.2 Å². The molecule has 1 aliphatic carbocycles. The maximum atomic E-state index is 12.6. The smallest absolute Gasteiger partial charge is 0.412 e. The maximum Gasteiger partial charge on any atom is 0.412 e. The fourth-order valence-electron chi connectivity index (χ4n) is 2.64. The number of rotatable bonds is 1. The largest absolute Gasteiger partial charge is 0.444 e. The van der Waals surface area contributed by atoms with Crippen LogP contribution >= 0.6 is 0 Å². The van der Waals surface area contributed by atoms with Gasteiger partial charge in [-0.3, -0.25) is 10.1 Å². The minimum Gasteiger partial charge on any atom is -0.444 e. The number of carbonyl (C=O) groups is 1. The standard InChI is InChI=1S/C15H20N2O4/c1-14(2,3)21-13(19)16-11-5-4-10-8-20-9-15(6-7-15)17(10)12(11)18/h4-5H,6-9H2,1-3H3,(H,16,19). The van der Waals surface area contributed by atoms with E-state index >= 15 is 0 Å². The van der Waals surface area contributed by atoms with Gasteiger partial charge in [0, 0.05) is 5.69 Å². The Labute approximate surface area is 123 Å². The van der Waals surface area contributed by atoms with E-state index in [2.05, 4.69) is 5.32 Å². The second-order valence-corrected chi connectivity index (χ2v) is 6.72. The summed E-state index contributed by atoms with van der Waals surface area (Å²) in [6, 6.07) is 3.44. The van der Waals surface area contributed by atoms with Crippen LogP contribution in [0.1, 0.15) is 39.3 Å². The first-order chi connectivity index (χ1) is 9.81. The third-order valence-corrected chi connectivity index (χ3v) is 3.72. The summed E-state index contributed by atoms with van der Waals surface area (Å²) < 4.78 is 12.5. The van der Waals surface area contributed by atoms with Gasteiger partial charge in [-0.05, 0) is 45.7 Å². The van der Waals surface area contributed by atoms with Gasteiger partial charge in [0.15, 0.2) is 0 Å². The number of ether oxygens (including phenoxy) is 2. The minimum atomic E-state index is -0.614. The summed E-state index contributed by atoms with van der Waals surface area (Å²) in [6.45, 7) is 6.34. The molecule has 2 heterocycles. The predicted octanol–water partition coefficient (Wildman–Crippen LogP) is 2.21. The first-order valence-electron chi connectivity index (χ1n) is 7.14. The molecule has 0 bridgehead atoms. The number of carbonyl (C=O) groups excluding carboxylic acids is 1. The number of nitrogens with one attached hydrogen (secondary N) is 1. The van der Waals surface area contributed by atoms with Crippen molar-refractivity contribution in [1.82, 2.24) is 4.57 Å². The number of aromatic nitrogens is 1. The molecular formula is C15H20N2O4. The Morgan fingerprint density at radius 2 is 2.10 bits per heavy atom. The van der Waals surface area contributed by atoms with Crippen molar-refractivity contribution in [2.75, 3.05) is 11.9 Å². The molecule has 1 spiro atoms. The zero-order chi connectivity index (χ0) is 15.3. The summed E-state index contributed by atoms with van der Waals surface area (Å²) in [5.74, 6) is 0. The highest BCUT2D eigenvalue weighted by molar-refractivity contribution is 5.84. The number of anilines is 1. The molecule has 0 aromatic carbocycles. The lowest BCUT2D eigenvalue weighted by Crippen LogP contribution is -2.41. The fourth-order valence-corrected chi connectivity index (χ4v) is 2.64. The van der Waals surface area contributed by atoms with Crippen LogP contribution < -0.4 is 10.9 Å². The lowest BCUT2D eigenvalue weighted by atomic mass is 10.2. The van der Waals surface area contributed by atoms with E-state index in [-0.39, 0.29) is 16.8 Å². The molecule has 1 fully saturated rings. The van der Waals surface area contributed by atoms with Gasteiger partial charge in [0.1, 0.15) is 11.3 Å². The molecule has 3 rings (SSSR count). The van der Waals surface area contributed by atoms with Crippen molar-refractivity contribution >= 4 is 11.8 Å². The zero-order valence-corrected chi connectivity index (χ0v) is 12.6. The molecule has 2 aliphatic rings. The Bertz CT molecular complexity index is 638. The molecule has 6 nitrogen and oxygen atoms in total. The van der Waals surface area contributed by atoms with Crippen molar-refractivity contribution < 1.29 is 14.3 Å². The summed E-state index contributed by atoms with van der Waals surface area (Å²) in [5.41, 5.74) is 0.134. The molecule has 0 atom stereocenters. The SMILES string of the molecule is CC(C)(C)OC(=O)Nc1ccc2n(c1=O)C1(CC1)COC2. The average molecular weight is 292 g/mol. The van der Waals surface area contributed by atoms with Gasteiger partial charge in [0.2, 0.25) is 0 Å². The minimum absolute atomic E-state index is 0.181. The van der Waals surface area contributed by atoms with Crippen LogP contribution in [0.25, 0.3) is 0 Å². The fraction of sp³-hybridized carbons (Fsp3) is 0.600. The molecule has 0 unspecified atom stereocenters. The molecule has 1 amide bonds. The Morgan fingerprint density at radius 1 is 1.38 bits per heavy atom. The van der Waals surface area contributed by atoms with Crippen LogP contribution in [0.15, 0.2) is 16.9 Å². The number of pyridine rings is 1. The Kier molecular flexibility index (Phi) is 3.09. The lowest BCUT2D eigenvalue weighted by Gasteiger charge is -2.28. The van der Waals surface area contributed by atoms with Gasteiger partial charge in [-0.25, -0.2) is 4.79 Å². The molecule has 6 heteroatoms. The van der Waals surface area contributed by atoms with Crippen molar-refractivity contribution in [3.05, 3.63) is 28.2 Å². The molecule has 1 aliphatic heterocycles. The molecule has 1 aromatic heterocycles. The van der Waals surface area contributed by atoms with Gasteiger partial charge in [0.25, 0.3) is 5.56 Å². The third kappa shape index (κ3) is 2.68. The molecule has 1 N–H and O–H groups in total. The highest BCUT2D eigenvalue weighted by atomic mass is 16.6. The summed E-state index contributed by atoms with van der Waals surface area (Å²) in [5, 5.41) is 2.55. The summed E-state index contributed by atoms with van der Waals surface area (Å²) in [6.07, 6.45) is 1.27. The number of nitrogens with zero attached hydrogens (tertiary/aromatic N) is 1. The molecule has 114 valence electrons. The quantitative estimate of drug-likeness (QED) is 0.861. The first-order valence-corrected chi connectivity index (χ1v) is 7.14. The highest BCUT2D eigenvalue weighted by Crippen LogP contribution is 2.45. The van der Waals surface area contributed by atoms with E-state index in [9.17, 15) is 9.59 Å². The second-order valence-electron chi connectivity index (χ2n) is 6.72. The normalized spacial score (nSPS) is 19.0. The van der Waals surface area contributed by atoms with Crippen molar-refractivity contribution in [2.45, 2.75) is 51.4 Å². The molecular weight excluding hydrogens is 272 g/mol. The van der Waals surface area contributed by atoms with E-state index < -0.39 is 11.7 Å². The summed E-state index contributed by atoms with van der Waals surface area (Å²) in [7, 11) is 0. The van der Waals surface area contributed by atoms with Crippen molar-refractivity contribution in [1.29, 1.82) is 0 Å². The van der Waals surface area contributed by atoms with Crippen LogP contribution in [-0.2, 0) is 21.6 Å². The monoisotopic (exact) mass is 292 g/mol. The van der Waals surface area contributed by atoms with Crippen molar-refractivity contribution in [3.8, 4) is 0 Å². The van der Waals surface area contributed by atoms with Gasteiger partial charge >= 0.3 is 6.09 Å². The molecule has 0 saturated heterocycles. The van der Waals surface area contributed by atoms with E-state index in [0.717, 1.165) is 18.5 Å². The van der Waals surface area contributed by atoms with Crippen molar-refractivity contribution in [3.63, 3.8) is 0 Å². The number of hydrogen-bond acceptors (Lipinski definition) is 4. The van der Waals surface area contributed by atoms with Crippen LogP contribution in [0.3, 0.4) is 0 Å². The highest BCUT2D eigenvalue weighted by Gasteiger charge is 2.48. The van der Waals surface area contributed by atoms with Gasteiger partial charge in [0.05, 0.1) is 18.8 Å². The van der Waals surface area contributed by atoms with Gasteiger partial charge in [-0.1, -0.05) is 0 Å². The first kappa shape index (κ1) is 14.1. The Morgan fingerprint density at radius 3 is 2.71 bits per heavy atom. The molecule has 0 radical (unpaired) electrons. The Hall–Kier alpha value is -1.82. The third-order valence-electron chi connectivity index (χ3n) is 3.72. The number of fused-ring (bicyclic) bond motifs is 2. The zero-order valence-electron chi connectivity index (χ0n) is 12.6. The van der Waals surface area contributed by atoms with Crippen LogP contribution in [0.2, 0.25) is 0 Å². The maximum absolute atomic E-state index is 12.6. The molecule has 1 saturated carbocycles. The summed E-state index contributed by atoms with van der Waals surface area (Å²) in [4.78, 5) is 24.4. The van der Waals surface area contributed by atoms with Gasteiger partial charge in [-0.15, -0.1) is 0 Å². The number of hydrogen-bond donors (Lipinski definition) is 1. The second kappa shape index (κ2) is 4.59. The molecule has 1 aromatic rings. The van der Waals surface area contributed by atoms with E-state index in [1.165, 1.54) is 0 Å². The Balaban J connectivity index is 1.88. The van der Waals surface area contributed by atoms with Crippen molar-refractivity contribution in [2.24, 2.45) is 0 Å². The van der Waals surface area contributed by atoms with Crippen LogP contribution in [0.4, 0.5) is 10.5 Å². The van der Waals surface area contributed by atoms with E-state index in [1.807, 2.05) is 6.07 Å². The van der Waals surface area contributed by atoms with Gasteiger partial charge < -0.3 is 14.0 Å². The van der Waals surface area contributed by atoms with Gasteiger partial charge in [-0.2, -0.15) is 0 Å². The van der Waals surface area contributed by atoms with Crippen LogP contribution in [0, 0.1) is 0 Å². The predicted molar refractivity (Wildman–Crippen MR) is 77.4 cm³/mol.